The van der Waals surface area contributed by atoms with E-state index in [1.807, 2.05) is 60.2 Å². The number of hydrogen-bond donors (Lipinski definition) is 0. The van der Waals surface area contributed by atoms with Crippen LogP contribution in [0.15, 0.2) is 66.7 Å². The van der Waals surface area contributed by atoms with E-state index in [1.165, 1.54) is 0 Å². The SMILES string of the molecule is Fc1c[c-]c(-c2cccc(-c3ccc4ccccc4n3)n2)c(F)c1.[Br][Pt+]. The topological polar surface area (TPSA) is 25.8 Å². The maximum atomic E-state index is 14.0. The average molecular weight is 592 g/mol. The summed E-state index contributed by atoms with van der Waals surface area (Å²) in [6, 6.07) is 21.4. The van der Waals surface area contributed by atoms with E-state index >= 15 is 0 Å². The minimum absolute atomic E-state index is 0.138. The van der Waals surface area contributed by atoms with Gasteiger partial charge in [0.25, 0.3) is 0 Å². The minimum atomic E-state index is -0.689. The first-order valence-corrected chi connectivity index (χ1v) is 12.5. The predicted octanol–water partition coefficient (Wildman–Crippen LogP) is 5.89. The van der Waals surface area contributed by atoms with E-state index in [0.717, 1.165) is 23.0 Å². The van der Waals surface area contributed by atoms with E-state index in [-0.39, 0.29) is 5.56 Å². The quantitative estimate of drug-likeness (QED) is 0.272. The van der Waals surface area contributed by atoms with E-state index in [9.17, 15) is 8.78 Å². The number of fused-ring (bicyclic) bond motifs is 1. The van der Waals surface area contributed by atoms with Crippen LogP contribution in [-0.4, -0.2) is 9.97 Å². The summed E-state index contributed by atoms with van der Waals surface area (Å²) in [6.45, 7) is 0. The van der Waals surface area contributed by atoms with Gasteiger partial charge in [0.05, 0.1) is 16.9 Å². The fourth-order valence-electron chi connectivity index (χ4n) is 2.57. The number of aromatic nitrogens is 2. The molecule has 0 saturated carbocycles. The third kappa shape index (κ3) is 4.05. The average Bonchev–Trinajstić information content (AvgIpc) is 2.69. The van der Waals surface area contributed by atoms with Gasteiger partial charge < -0.3 is 0 Å². The van der Waals surface area contributed by atoms with E-state index in [0.29, 0.717) is 17.1 Å². The molecule has 132 valence electrons. The molecule has 0 aliphatic carbocycles. The Bertz CT molecular complexity index is 1060. The molecule has 0 fully saturated rings. The van der Waals surface area contributed by atoms with Gasteiger partial charge in [-0.15, -0.1) is 12.1 Å². The van der Waals surface area contributed by atoms with Crippen molar-refractivity contribution in [1.82, 2.24) is 9.97 Å². The number of nitrogens with zero attached hydrogens (tertiary/aromatic N) is 2. The first-order valence-electron chi connectivity index (χ1n) is 7.53. The Labute approximate surface area is 167 Å². The van der Waals surface area contributed by atoms with E-state index in [2.05, 4.69) is 29.3 Å². The second-order valence-electron chi connectivity index (χ2n) is 5.34. The Balaban J connectivity index is 0.000000948. The summed E-state index contributed by atoms with van der Waals surface area (Å²) < 4.78 is 27.0. The van der Waals surface area contributed by atoms with Crippen LogP contribution in [0.5, 0.6) is 0 Å². The molecule has 0 spiro atoms. The molecule has 0 aliphatic heterocycles. The van der Waals surface area contributed by atoms with E-state index < -0.39 is 11.6 Å². The molecule has 2 heterocycles. The molecule has 0 radical (unpaired) electrons. The van der Waals surface area contributed by atoms with Gasteiger partial charge in [0.15, 0.2) is 0 Å². The van der Waals surface area contributed by atoms with Crippen molar-refractivity contribution in [2.24, 2.45) is 0 Å². The van der Waals surface area contributed by atoms with Gasteiger partial charge in [-0.25, -0.2) is 4.98 Å². The van der Waals surface area contributed by atoms with Gasteiger partial charge in [-0.05, 0) is 23.9 Å². The molecule has 2 aromatic heterocycles. The molecule has 0 N–H and O–H groups in total. The summed E-state index contributed by atoms with van der Waals surface area (Å²) in [5.74, 6) is -1.35. The van der Waals surface area contributed by atoms with Crippen LogP contribution in [-0.2, 0) is 17.8 Å². The Hall–Kier alpha value is -1.97. The van der Waals surface area contributed by atoms with Crippen molar-refractivity contribution in [2.45, 2.75) is 0 Å². The fraction of sp³-hybridized carbons (Fsp3) is 0. The van der Waals surface area contributed by atoms with Crippen molar-refractivity contribution in [3.05, 3.63) is 84.4 Å². The molecule has 0 saturated heterocycles. The summed E-state index contributed by atoms with van der Waals surface area (Å²) in [4.78, 5) is 9.04. The molecule has 0 unspecified atom stereocenters. The molecule has 0 atom stereocenters. The third-order valence-electron chi connectivity index (χ3n) is 3.72. The first-order chi connectivity index (χ1) is 12.7. The van der Waals surface area contributed by atoms with Crippen molar-refractivity contribution < 1.29 is 26.5 Å². The van der Waals surface area contributed by atoms with Crippen molar-refractivity contribution in [3.8, 4) is 22.6 Å². The summed E-state index contributed by atoms with van der Waals surface area (Å²) in [7, 11) is 0. The normalized spacial score (nSPS) is 10.3. The van der Waals surface area contributed by atoms with Crippen molar-refractivity contribution in [3.63, 3.8) is 0 Å². The van der Waals surface area contributed by atoms with Crippen LogP contribution >= 0.6 is 13.3 Å². The van der Waals surface area contributed by atoms with Crippen LogP contribution in [0.25, 0.3) is 33.5 Å². The van der Waals surface area contributed by atoms with Crippen molar-refractivity contribution in [1.29, 1.82) is 0 Å². The molecule has 0 aliphatic rings. The maximum absolute atomic E-state index is 14.0. The monoisotopic (exact) mass is 591 g/mol. The van der Waals surface area contributed by atoms with Crippen LogP contribution < -0.4 is 0 Å². The number of para-hydroxylation sites is 1. The Morgan fingerprint density at radius 3 is 2.35 bits per heavy atom. The first kappa shape index (κ1) is 18.8. The fourth-order valence-corrected chi connectivity index (χ4v) is 2.57. The third-order valence-corrected chi connectivity index (χ3v) is 3.72. The second-order valence-corrected chi connectivity index (χ2v) is 5.34. The van der Waals surface area contributed by atoms with Gasteiger partial charge in [-0.2, -0.15) is 0 Å². The Morgan fingerprint density at radius 1 is 0.808 bits per heavy atom. The zero-order valence-corrected chi connectivity index (χ0v) is 17.1. The molecule has 6 heteroatoms. The molecule has 0 amide bonds. The van der Waals surface area contributed by atoms with Crippen LogP contribution in [0.1, 0.15) is 0 Å². The Morgan fingerprint density at radius 2 is 1.54 bits per heavy atom. The summed E-state index contributed by atoms with van der Waals surface area (Å²) in [6.07, 6.45) is 0. The van der Waals surface area contributed by atoms with Crippen LogP contribution in [0.2, 0.25) is 0 Å². The second kappa shape index (κ2) is 8.61. The number of benzene rings is 2. The zero-order valence-electron chi connectivity index (χ0n) is 13.2. The molecule has 2 nitrogen and oxygen atoms in total. The molecular formula is C20H11BrF2N2Pt. The predicted molar refractivity (Wildman–Crippen MR) is 98.1 cm³/mol. The van der Waals surface area contributed by atoms with Gasteiger partial charge in [0.1, 0.15) is 0 Å². The summed E-state index contributed by atoms with van der Waals surface area (Å²) >= 11 is 4.86. The van der Waals surface area contributed by atoms with Crippen LogP contribution in [0.4, 0.5) is 8.78 Å². The van der Waals surface area contributed by atoms with Gasteiger partial charge in [0, 0.05) is 17.0 Å². The number of pyridine rings is 2. The molecule has 4 rings (SSSR count). The van der Waals surface area contributed by atoms with Crippen molar-refractivity contribution >= 4 is 24.2 Å². The molecule has 4 aromatic rings. The van der Waals surface area contributed by atoms with Gasteiger partial charge >= 0.3 is 31.1 Å². The summed E-state index contributed by atoms with van der Waals surface area (Å²) in [5.41, 5.74) is 2.70. The molecular weight excluding hydrogens is 581 g/mol. The summed E-state index contributed by atoms with van der Waals surface area (Å²) in [5, 5.41) is 1.04. The standard InChI is InChI=1S/C20H11F2N2.BrH.Pt/c21-14-9-10-15(16(22)12-14)18-6-3-7-19(24-18)20-11-8-13-4-1-2-5-17(13)23-20;;/h1-9,11-12H;1H;/q-1;;+2/p-1. The van der Waals surface area contributed by atoms with E-state index in [1.54, 1.807) is 12.1 Å². The van der Waals surface area contributed by atoms with Gasteiger partial charge in [0.2, 0.25) is 0 Å². The number of halogens is 3. The molecule has 2 aromatic carbocycles. The molecule has 26 heavy (non-hydrogen) atoms. The van der Waals surface area contributed by atoms with Crippen LogP contribution in [0, 0.1) is 17.7 Å². The number of rotatable bonds is 2. The zero-order chi connectivity index (χ0) is 18.5. The van der Waals surface area contributed by atoms with Crippen LogP contribution in [0.3, 0.4) is 0 Å². The molecule has 0 bridgehead atoms. The number of hydrogen-bond acceptors (Lipinski definition) is 2. The van der Waals surface area contributed by atoms with Gasteiger partial charge in [-0.3, -0.25) is 13.8 Å². The Kier molecular flexibility index (Phi) is 6.23. The van der Waals surface area contributed by atoms with Gasteiger partial charge in [-0.1, -0.05) is 48.0 Å². The van der Waals surface area contributed by atoms with E-state index in [4.69, 9.17) is 0 Å². The van der Waals surface area contributed by atoms with Crippen molar-refractivity contribution in [2.75, 3.05) is 0 Å².